The Kier molecular flexibility index (Phi) is 6.63. The lowest BCUT2D eigenvalue weighted by molar-refractivity contribution is 0.591. The van der Waals surface area contributed by atoms with Crippen molar-refractivity contribution in [1.29, 1.82) is 0 Å². The molecule has 0 radical (unpaired) electrons. The van der Waals surface area contributed by atoms with Crippen LogP contribution in [0.5, 0.6) is 0 Å². The fourth-order valence-corrected chi connectivity index (χ4v) is 12.5. The summed E-state index contributed by atoms with van der Waals surface area (Å²) in [5.41, 5.74) is 18.0. The molecule has 0 aliphatic carbocycles. The molecule has 2 aliphatic heterocycles. The number of para-hydroxylation sites is 2. The summed E-state index contributed by atoms with van der Waals surface area (Å²) in [4.78, 5) is 2.65. The van der Waals surface area contributed by atoms with Crippen LogP contribution in [0.15, 0.2) is 179 Å². The number of benzene rings is 9. The molecule has 0 atom stereocenters. The van der Waals surface area contributed by atoms with Crippen LogP contribution in [0.3, 0.4) is 0 Å². The number of rotatable bonds is 2. The Hall–Kier alpha value is -7.54. The van der Waals surface area contributed by atoms with E-state index in [1.807, 2.05) is 11.3 Å². The number of hydrogen-bond donors (Lipinski definition) is 0. The Balaban J connectivity index is 1.19. The Morgan fingerprint density at radius 2 is 1.27 bits per heavy atom. The molecule has 6 heterocycles. The lowest BCUT2D eigenvalue weighted by atomic mass is 9.43. The highest BCUT2D eigenvalue weighted by atomic mass is 32.1. The Labute approximate surface area is 372 Å². The first-order chi connectivity index (χ1) is 31.4. The zero-order chi connectivity index (χ0) is 42.2. The van der Waals surface area contributed by atoms with Gasteiger partial charge in [-0.05, 0) is 87.6 Å². The average Bonchev–Trinajstić information content (AvgIpc) is 4.08. The number of thiophene rings is 1. The molecule has 4 aromatic heterocycles. The number of nitrogens with zero attached hydrogens (tertiary/aromatic N) is 2. The molecule has 13 aromatic rings. The molecule has 0 saturated heterocycles. The summed E-state index contributed by atoms with van der Waals surface area (Å²) in [6.45, 7) is 6.72. The van der Waals surface area contributed by atoms with E-state index in [2.05, 4.69) is 200 Å². The smallest absolute Gasteiger partial charge is 0.333 e. The zero-order valence-electron chi connectivity index (χ0n) is 35.4. The second-order valence-corrected chi connectivity index (χ2v) is 19.9. The molecular formula is C58H37BN2O2S. The molecule has 0 bridgehead atoms. The van der Waals surface area contributed by atoms with Crippen LogP contribution in [0.2, 0.25) is 0 Å². The maximum atomic E-state index is 7.31. The molecule has 0 N–H and O–H groups in total. The van der Waals surface area contributed by atoms with Gasteiger partial charge in [-0.2, -0.15) is 0 Å². The summed E-state index contributed by atoms with van der Waals surface area (Å²) in [6, 6.07) is 62.8. The lowest BCUT2D eigenvalue weighted by Crippen LogP contribution is -2.60. The van der Waals surface area contributed by atoms with Crippen molar-refractivity contribution in [1.82, 2.24) is 4.57 Å². The van der Waals surface area contributed by atoms with Crippen molar-refractivity contribution >= 4 is 126 Å². The first-order valence-corrected chi connectivity index (χ1v) is 23.0. The fraction of sp³-hybridized carbons (Fsp3) is 0.0690. The van der Waals surface area contributed by atoms with Crippen LogP contribution in [-0.2, 0) is 5.41 Å². The molecule has 4 nitrogen and oxygen atoms in total. The SMILES string of the molecule is CC(C)(C)c1ccc2c(c1)c1c3c(oc4ccccc43)c3c4c1n2-c1cc2oc5ccccc5c2cc1B4N(c1cccc(-c2ccccc2)c1)c1cc2sc4ccccc4c2cc1-3. The third-order valence-electron chi connectivity index (χ3n) is 14.3. The van der Waals surface area contributed by atoms with Gasteiger partial charge < -0.3 is 18.2 Å². The highest BCUT2D eigenvalue weighted by Gasteiger charge is 2.46. The van der Waals surface area contributed by atoms with Crippen molar-refractivity contribution in [3.8, 4) is 27.9 Å². The molecule has 2 aliphatic rings. The van der Waals surface area contributed by atoms with Gasteiger partial charge in [0.1, 0.15) is 22.3 Å². The normalized spacial score (nSPS) is 13.5. The van der Waals surface area contributed by atoms with Crippen molar-refractivity contribution in [3.05, 3.63) is 175 Å². The van der Waals surface area contributed by atoms with Gasteiger partial charge in [0.15, 0.2) is 0 Å². The third-order valence-corrected chi connectivity index (χ3v) is 15.4. The Bertz CT molecular complexity index is 4200. The largest absolute Gasteiger partial charge is 0.456 e. The quantitative estimate of drug-likeness (QED) is 0.163. The summed E-state index contributed by atoms with van der Waals surface area (Å²) in [5.74, 6) is 0. The van der Waals surface area contributed by atoms with Crippen molar-refractivity contribution in [2.24, 2.45) is 0 Å². The predicted molar refractivity (Wildman–Crippen MR) is 271 cm³/mol. The number of hydrogen-bond acceptors (Lipinski definition) is 4. The monoisotopic (exact) mass is 836 g/mol. The minimum absolute atomic E-state index is 0.0519. The van der Waals surface area contributed by atoms with Crippen LogP contribution in [0.4, 0.5) is 11.4 Å². The van der Waals surface area contributed by atoms with Crippen LogP contribution < -0.4 is 15.7 Å². The van der Waals surface area contributed by atoms with Crippen LogP contribution in [0, 0.1) is 0 Å². The molecule has 15 rings (SSSR count). The molecule has 300 valence electrons. The average molecular weight is 837 g/mol. The Morgan fingerprint density at radius 3 is 2.11 bits per heavy atom. The summed E-state index contributed by atoms with van der Waals surface area (Å²) in [7, 11) is 0. The van der Waals surface area contributed by atoms with Crippen molar-refractivity contribution in [2.75, 3.05) is 4.81 Å². The highest BCUT2D eigenvalue weighted by Crippen LogP contribution is 2.53. The van der Waals surface area contributed by atoms with E-state index in [-0.39, 0.29) is 12.3 Å². The van der Waals surface area contributed by atoms with Gasteiger partial charge in [0.2, 0.25) is 0 Å². The maximum absolute atomic E-state index is 7.31. The first kappa shape index (κ1) is 35.0. The molecule has 64 heavy (non-hydrogen) atoms. The van der Waals surface area contributed by atoms with Gasteiger partial charge in [0, 0.05) is 86.7 Å². The Morgan fingerprint density at radius 1 is 0.516 bits per heavy atom. The summed E-state index contributed by atoms with van der Waals surface area (Å²) in [5, 5.41) is 9.58. The van der Waals surface area contributed by atoms with Gasteiger partial charge in [-0.15, -0.1) is 11.3 Å². The molecule has 9 aromatic carbocycles. The minimum atomic E-state index is -0.215. The van der Waals surface area contributed by atoms with E-state index in [0.29, 0.717) is 0 Å². The molecule has 0 spiro atoms. The van der Waals surface area contributed by atoms with Gasteiger partial charge in [-0.1, -0.05) is 130 Å². The van der Waals surface area contributed by atoms with E-state index < -0.39 is 0 Å². The van der Waals surface area contributed by atoms with E-state index in [0.717, 1.165) is 49.9 Å². The standard InChI is InChI=1S/C58H37BN2O2S/c1-58(2,3)34-24-25-44-41(27-34)52-53-38-20-8-11-22-48(38)63-57(53)54-42-28-40-37-19-9-12-23-50(37)64-51(40)31-45(42)61(35-17-13-16-33(26-35)32-14-5-4-6-15-32)59-43-29-39-36-18-7-10-21-47(36)62-49(39)30-46(43)60(44)56(52)55(54)59/h4-31H,1-3H3. The number of furan rings is 2. The second-order valence-electron chi connectivity index (χ2n) is 18.8. The number of fused-ring (bicyclic) bond motifs is 19. The van der Waals surface area contributed by atoms with Crippen molar-refractivity contribution < 1.29 is 8.83 Å². The number of anilines is 2. The summed E-state index contributed by atoms with van der Waals surface area (Å²) >= 11 is 1.87. The summed E-state index contributed by atoms with van der Waals surface area (Å²) < 4.78 is 19.2. The zero-order valence-corrected chi connectivity index (χ0v) is 36.2. The topological polar surface area (TPSA) is 34.5 Å². The van der Waals surface area contributed by atoms with Crippen LogP contribution in [0.25, 0.3) is 114 Å². The maximum Gasteiger partial charge on any atom is 0.333 e. The van der Waals surface area contributed by atoms with Gasteiger partial charge in [-0.3, -0.25) is 0 Å². The summed E-state index contributed by atoms with van der Waals surface area (Å²) in [6.07, 6.45) is 0. The van der Waals surface area contributed by atoms with Gasteiger partial charge in [0.25, 0.3) is 0 Å². The van der Waals surface area contributed by atoms with E-state index in [9.17, 15) is 0 Å². The van der Waals surface area contributed by atoms with Crippen LogP contribution >= 0.6 is 11.3 Å². The fourth-order valence-electron chi connectivity index (χ4n) is 11.4. The molecule has 0 unspecified atom stereocenters. The van der Waals surface area contributed by atoms with Gasteiger partial charge in [-0.25, -0.2) is 0 Å². The second kappa shape index (κ2) is 12.1. The van der Waals surface area contributed by atoms with E-state index in [4.69, 9.17) is 8.83 Å². The molecule has 6 heteroatoms. The molecule has 0 fully saturated rings. The lowest BCUT2D eigenvalue weighted by Gasteiger charge is -2.42. The van der Waals surface area contributed by atoms with Crippen LogP contribution in [-0.4, -0.2) is 11.4 Å². The van der Waals surface area contributed by atoms with Crippen molar-refractivity contribution in [2.45, 2.75) is 26.2 Å². The van der Waals surface area contributed by atoms with E-state index in [1.165, 1.54) is 91.8 Å². The molecule has 0 amide bonds. The third kappa shape index (κ3) is 4.48. The molecule has 0 saturated carbocycles. The molecular weight excluding hydrogens is 800 g/mol. The first-order valence-electron chi connectivity index (χ1n) is 22.2. The van der Waals surface area contributed by atoms with Crippen molar-refractivity contribution in [3.63, 3.8) is 0 Å². The van der Waals surface area contributed by atoms with Crippen LogP contribution in [0.1, 0.15) is 26.3 Å². The minimum Gasteiger partial charge on any atom is -0.456 e. The van der Waals surface area contributed by atoms with Gasteiger partial charge in [0.05, 0.1) is 11.0 Å². The van der Waals surface area contributed by atoms with Gasteiger partial charge >= 0.3 is 6.85 Å². The van der Waals surface area contributed by atoms with E-state index >= 15 is 0 Å². The number of aromatic nitrogens is 1. The van der Waals surface area contributed by atoms with E-state index in [1.54, 1.807) is 0 Å². The predicted octanol–water partition coefficient (Wildman–Crippen LogP) is 15.2. The highest BCUT2D eigenvalue weighted by molar-refractivity contribution is 7.25.